The molecule has 2 atom stereocenters. The Balaban J connectivity index is 1.78. The molecule has 1 aromatic carbocycles. The molecule has 0 aromatic heterocycles. The van der Waals surface area contributed by atoms with Crippen molar-refractivity contribution in [3.63, 3.8) is 0 Å². The standard InChI is InChI=1S/C17H23NO3S/c1-2-22-15-5-3-4-14(15)18-16(19)11-8-12-6-9-13(10-7-12)17(20)21/h6-7,9-10,14-15H,2-5,8,11H2,1H3,(H,18,19)(H,20,21). The molecule has 1 amide bonds. The number of carboxylic acids is 1. The molecule has 0 radical (unpaired) electrons. The Morgan fingerprint density at radius 3 is 2.64 bits per heavy atom. The third-order valence-electron chi connectivity index (χ3n) is 4.02. The summed E-state index contributed by atoms with van der Waals surface area (Å²) in [6, 6.07) is 7.04. The van der Waals surface area contributed by atoms with Gasteiger partial charge in [-0.2, -0.15) is 11.8 Å². The summed E-state index contributed by atoms with van der Waals surface area (Å²) in [6.45, 7) is 2.16. The quantitative estimate of drug-likeness (QED) is 0.810. The van der Waals surface area contributed by atoms with Crippen molar-refractivity contribution in [3.8, 4) is 0 Å². The van der Waals surface area contributed by atoms with Gasteiger partial charge in [0.05, 0.1) is 5.56 Å². The number of thioether (sulfide) groups is 1. The minimum atomic E-state index is -0.926. The van der Waals surface area contributed by atoms with Gasteiger partial charge in [-0.05, 0) is 42.7 Å². The fraction of sp³-hybridized carbons (Fsp3) is 0.529. The Bertz CT molecular complexity index is 515. The lowest BCUT2D eigenvalue weighted by atomic mass is 10.1. The SMILES string of the molecule is CCSC1CCCC1NC(=O)CCc1ccc(C(=O)O)cc1. The molecule has 1 aliphatic rings. The fourth-order valence-corrected chi connectivity index (χ4v) is 4.05. The van der Waals surface area contributed by atoms with Crippen LogP contribution in [0.2, 0.25) is 0 Å². The topological polar surface area (TPSA) is 66.4 Å². The number of benzene rings is 1. The Kier molecular flexibility index (Phi) is 6.31. The van der Waals surface area contributed by atoms with E-state index in [2.05, 4.69) is 12.2 Å². The highest BCUT2D eigenvalue weighted by Crippen LogP contribution is 2.29. The van der Waals surface area contributed by atoms with Gasteiger partial charge in [-0.25, -0.2) is 4.79 Å². The summed E-state index contributed by atoms with van der Waals surface area (Å²) in [5.41, 5.74) is 1.27. The van der Waals surface area contributed by atoms with Gasteiger partial charge in [0, 0.05) is 17.7 Å². The molecule has 120 valence electrons. The molecule has 0 aliphatic heterocycles. The zero-order valence-corrected chi connectivity index (χ0v) is 13.7. The molecule has 2 rings (SSSR count). The number of aromatic carboxylic acids is 1. The van der Waals surface area contributed by atoms with Crippen LogP contribution in [-0.4, -0.2) is 34.0 Å². The molecule has 1 aliphatic carbocycles. The normalized spacial score (nSPS) is 20.8. The van der Waals surface area contributed by atoms with Crippen molar-refractivity contribution in [2.24, 2.45) is 0 Å². The molecule has 4 nitrogen and oxygen atoms in total. The molecule has 0 spiro atoms. The van der Waals surface area contributed by atoms with E-state index in [1.54, 1.807) is 24.3 Å². The Labute approximate surface area is 135 Å². The van der Waals surface area contributed by atoms with E-state index >= 15 is 0 Å². The van der Waals surface area contributed by atoms with Gasteiger partial charge in [0.15, 0.2) is 0 Å². The summed E-state index contributed by atoms with van der Waals surface area (Å²) in [4.78, 5) is 22.9. The summed E-state index contributed by atoms with van der Waals surface area (Å²) in [5.74, 6) is 0.258. The van der Waals surface area contributed by atoms with Gasteiger partial charge >= 0.3 is 5.97 Å². The van der Waals surface area contributed by atoms with Crippen LogP contribution in [0.25, 0.3) is 0 Å². The first kappa shape index (κ1) is 16.9. The van der Waals surface area contributed by atoms with Crippen LogP contribution in [0.4, 0.5) is 0 Å². The third kappa shape index (κ3) is 4.77. The third-order valence-corrected chi connectivity index (χ3v) is 5.35. The number of carbonyl (C=O) groups is 2. The van der Waals surface area contributed by atoms with E-state index in [1.807, 2.05) is 11.8 Å². The molecule has 1 saturated carbocycles. The van der Waals surface area contributed by atoms with Gasteiger partial charge in [-0.15, -0.1) is 0 Å². The Morgan fingerprint density at radius 2 is 2.00 bits per heavy atom. The molecular formula is C17H23NO3S. The Morgan fingerprint density at radius 1 is 1.27 bits per heavy atom. The number of hydrogen-bond donors (Lipinski definition) is 2. The van der Waals surface area contributed by atoms with Crippen molar-refractivity contribution < 1.29 is 14.7 Å². The van der Waals surface area contributed by atoms with Crippen molar-refractivity contribution in [1.29, 1.82) is 0 Å². The van der Waals surface area contributed by atoms with Gasteiger partial charge in [0.2, 0.25) is 5.91 Å². The van der Waals surface area contributed by atoms with Gasteiger partial charge in [-0.1, -0.05) is 25.5 Å². The maximum atomic E-state index is 12.1. The number of nitrogens with one attached hydrogen (secondary N) is 1. The summed E-state index contributed by atoms with van der Waals surface area (Å²) < 4.78 is 0. The number of aryl methyl sites for hydroxylation is 1. The van der Waals surface area contributed by atoms with Gasteiger partial charge in [-0.3, -0.25) is 4.79 Å². The number of carbonyl (C=O) groups excluding carboxylic acids is 1. The molecule has 1 aromatic rings. The van der Waals surface area contributed by atoms with Crippen LogP contribution in [0.5, 0.6) is 0 Å². The van der Waals surface area contributed by atoms with E-state index in [-0.39, 0.29) is 11.5 Å². The molecule has 0 heterocycles. The van der Waals surface area contributed by atoms with Gasteiger partial charge in [0.1, 0.15) is 0 Å². The van der Waals surface area contributed by atoms with E-state index in [9.17, 15) is 9.59 Å². The summed E-state index contributed by atoms with van der Waals surface area (Å²) in [6.07, 6.45) is 4.56. The average Bonchev–Trinajstić information content (AvgIpc) is 2.93. The van der Waals surface area contributed by atoms with Crippen molar-refractivity contribution in [2.45, 2.75) is 50.3 Å². The molecule has 2 N–H and O–H groups in total. The highest BCUT2D eigenvalue weighted by molar-refractivity contribution is 7.99. The average molecular weight is 321 g/mol. The first-order valence-corrected chi connectivity index (χ1v) is 8.88. The second-order valence-corrected chi connectivity index (χ2v) is 7.12. The second kappa shape index (κ2) is 8.22. The minimum Gasteiger partial charge on any atom is -0.478 e. The van der Waals surface area contributed by atoms with Crippen molar-refractivity contribution in [3.05, 3.63) is 35.4 Å². The maximum absolute atomic E-state index is 12.1. The van der Waals surface area contributed by atoms with Gasteiger partial charge < -0.3 is 10.4 Å². The molecule has 0 bridgehead atoms. The van der Waals surface area contributed by atoms with E-state index in [0.29, 0.717) is 24.1 Å². The van der Waals surface area contributed by atoms with Crippen LogP contribution in [0.3, 0.4) is 0 Å². The van der Waals surface area contributed by atoms with E-state index in [1.165, 1.54) is 12.8 Å². The lowest BCUT2D eigenvalue weighted by Gasteiger charge is -2.20. The zero-order chi connectivity index (χ0) is 15.9. The minimum absolute atomic E-state index is 0.0934. The van der Waals surface area contributed by atoms with Crippen LogP contribution in [0.15, 0.2) is 24.3 Å². The van der Waals surface area contributed by atoms with Crippen molar-refractivity contribution in [2.75, 3.05) is 5.75 Å². The summed E-state index contributed by atoms with van der Waals surface area (Å²) in [7, 11) is 0. The number of carboxylic acid groups (broad SMARTS) is 1. The largest absolute Gasteiger partial charge is 0.478 e. The maximum Gasteiger partial charge on any atom is 0.335 e. The smallest absolute Gasteiger partial charge is 0.335 e. The van der Waals surface area contributed by atoms with E-state index in [0.717, 1.165) is 17.7 Å². The highest BCUT2D eigenvalue weighted by atomic mass is 32.2. The number of amides is 1. The summed E-state index contributed by atoms with van der Waals surface area (Å²) in [5, 5.41) is 12.6. The second-order valence-electron chi connectivity index (χ2n) is 5.60. The zero-order valence-electron chi connectivity index (χ0n) is 12.9. The van der Waals surface area contributed by atoms with Crippen LogP contribution in [0, 0.1) is 0 Å². The first-order chi connectivity index (χ1) is 10.6. The number of rotatable bonds is 7. The molecule has 22 heavy (non-hydrogen) atoms. The van der Waals surface area contributed by atoms with Crippen molar-refractivity contribution in [1.82, 2.24) is 5.32 Å². The van der Waals surface area contributed by atoms with Crippen LogP contribution >= 0.6 is 11.8 Å². The fourth-order valence-electron chi connectivity index (χ4n) is 2.86. The monoisotopic (exact) mass is 321 g/mol. The lowest BCUT2D eigenvalue weighted by Crippen LogP contribution is -2.38. The number of hydrogen-bond acceptors (Lipinski definition) is 3. The predicted molar refractivity (Wildman–Crippen MR) is 89.4 cm³/mol. The molecule has 0 saturated heterocycles. The van der Waals surface area contributed by atoms with Crippen LogP contribution in [0.1, 0.15) is 48.5 Å². The predicted octanol–water partition coefficient (Wildman–Crippen LogP) is 3.11. The first-order valence-electron chi connectivity index (χ1n) is 7.83. The lowest BCUT2D eigenvalue weighted by molar-refractivity contribution is -0.121. The molecular weight excluding hydrogens is 298 g/mol. The van der Waals surface area contributed by atoms with Crippen LogP contribution < -0.4 is 5.32 Å². The van der Waals surface area contributed by atoms with Crippen LogP contribution in [-0.2, 0) is 11.2 Å². The Hall–Kier alpha value is -1.49. The van der Waals surface area contributed by atoms with Gasteiger partial charge in [0.25, 0.3) is 0 Å². The van der Waals surface area contributed by atoms with E-state index in [4.69, 9.17) is 5.11 Å². The molecule has 1 fully saturated rings. The molecule has 2 unspecified atom stereocenters. The van der Waals surface area contributed by atoms with Crippen molar-refractivity contribution >= 4 is 23.6 Å². The highest BCUT2D eigenvalue weighted by Gasteiger charge is 2.28. The summed E-state index contributed by atoms with van der Waals surface area (Å²) >= 11 is 1.94. The van der Waals surface area contributed by atoms with E-state index < -0.39 is 5.97 Å². The molecule has 5 heteroatoms.